The fraction of sp³-hybridized carbons (Fsp3) is 0.222. The van der Waals surface area contributed by atoms with E-state index in [-0.39, 0.29) is 23.4 Å². The van der Waals surface area contributed by atoms with Gasteiger partial charge in [-0.15, -0.1) is 0 Å². The van der Waals surface area contributed by atoms with Crippen molar-refractivity contribution < 1.29 is 23.8 Å². The standard InChI is InChI=1S/C27H25FN2O4/c1-17(2)16-34-22-8-5-6-19(14-22)24-23(25(31)18-9-11-20(28)12-10-18)26(32)27(33)30(24)15-21-7-3-4-13-29-21/h3-14,17,24,31H,15-16H2,1-2H3/b25-23-. The Kier molecular flexibility index (Phi) is 6.72. The Bertz CT molecular complexity index is 1220. The summed E-state index contributed by atoms with van der Waals surface area (Å²) in [5, 5.41) is 11.1. The third kappa shape index (κ3) is 4.83. The number of Topliss-reactive ketones (excluding diaryl/α,β-unsaturated/α-hetero) is 1. The molecule has 1 unspecified atom stereocenters. The third-order valence-electron chi connectivity index (χ3n) is 5.47. The number of nitrogens with zero attached hydrogens (tertiary/aromatic N) is 2. The number of hydrogen-bond donors (Lipinski definition) is 1. The Labute approximate surface area is 197 Å². The number of likely N-dealkylation sites (tertiary alicyclic amines) is 1. The number of rotatable bonds is 7. The molecule has 0 radical (unpaired) electrons. The molecule has 6 nitrogen and oxygen atoms in total. The average molecular weight is 461 g/mol. The summed E-state index contributed by atoms with van der Waals surface area (Å²) in [5.41, 5.74) is 1.39. The molecular weight excluding hydrogens is 435 g/mol. The van der Waals surface area contributed by atoms with Gasteiger partial charge in [-0.2, -0.15) is 0 Å². The number of benzene rings is 2. The number of hydrogen-bond acceptors (Lipinski definition) is 5. The number of ketones is 1. The van der Waals surface area contributed by atoms with Gasteiger partial charge >= 0.3 is 0 Å². The van der Waals surface area contributed by atoms with E-state index in [2.05, 4.69) is 4.98 Å². The number of carbonyl (C=O) groups excluding carboxylic acids is 2. The van der Waals surface area contributed by atoms with Crippen LogP contribution >= 0.6 is 0 Å². The molecule has 1 aromatic heterocycles. The second kappa shape index (κ2) is 9.87. The summed E-state index contributed by atoms with van der Waals surface area (Å²) in [7, 11) is 0. The van der Waals surface area contributed by atoms with Crippen LogP contribution in [0.3, 0.4) is 0 Å². The fourth-order valence-electron chi connectivity index (χ4n) is 3.86. The Hall–Kier alpha value is -4.00. The molecule has 1 amide bonds. The van der Waals surface area contributed by atoms with Crippen LogP contribution in [0.5, 0.6) is 5.75 Å². The molecule has 174 valence electrons. The molecule has 0 bridgehead atoms. The number of aromatic nitrogens is 1. The van der Waals surface area contributed by atoms with E-state index in [1.165, 1.54) is 29.2 Å². The highest BCUT2D eigenvalue weighted by Crippen LogP contribution is 2.41. The molecule has 1 saturated heterocycles. The maximum Gasteiger partial charge on any atom is 0.296 e. The van der Waals surface area contributed by atoms with Crippen molar-refractivity contribution in [3.8, 4) is 5.75 Å². The van der Waals surface area contributed by atoms with E-state index in [0.717, 1.165) is 0 Å². The summed E-state index contributed by atoms with van der Waals surface area (Å²) in [4.78, 5) is 31.9. The van der Waals surface area contributed by atoms with Gasteiger partial charge in [-0.3, -0.25) is 14.6 Å². The van der Waals surface area contributed by atoms with Gasteiger partial charge in [-0.1, -0.05) is 32.0 Å². The van der Waals surface area contributed by atoms with Crippen LogP contribution in [0, 0.1) is 11.7 Å². The first-order chi connectivity index (χ1) is 16.3. The summed E-state index contributed by atoms with van der Waals surface area (Å²) >= 11 is 0. The van der Waals surface area contributed by atoms with Crippen LogP contribution in [0.1, 0.15) is 36.7 Å². The normalized spacial score (nSPS) is 17.4. The molecule has 3 aromatic rings. The van der Waals surface area contributed by atoms with Gasteiger partial charge in [0.15, 0.2) is 0 Å². The van der Waals surface area contributed by atoms with Crippen LogP contribution in [-0.4, -0.2) is 33.3 Å². The predicted octanol–water partition coefficient (Wildman–Crippen LogP) is 4.88. The molecule has 1 aliphatic heterocycles. The maximum absolute atomic E-state index is 13.4. The Morgan fingerprint density at radius 1 is 1.09 bits per heavy atom. The molecule has 2 heterocycles. The molecule has 1 N–H and O–H groups in total. The summed E-state index contributed by atoms with van der Waals surface area (Å²) in [6.45, 7) is 4.66. The van der Waals surface area contributed by atoms with Crippen LogP contribution in [0.25, 0.3) is 5.76 Å². The van der Waals surface area contributed by atoms with Crippen molar-refractivity contribution in [2.24, 2.45) is 5.92 Å². The Morgan fingerprint density at radius 2 is 1.85 bits per heavy atom. The van der Waals surface area contributed by atoms with Gasteiger partial charge in [0.1, 0.15) is 17.3 Å². The molecule has 1 atom stereocenters. The molecule has 1 aliphatic rings. The lowest BCUT2D eigenvalue weighted by Gasteiger charge is -2.25. The van der Waals surface area contributed by atoms with Gasteiger partial charge < -0.3 is 14.7 Å². The van der Waals surface area contributed by atoms with Gasteiger partial charge in [-0.25, -0.2) is 4.39 Å². The highest BCUT2D eigenvalue weighted by molar-refractivity contribution is 6.46. The summed E-state index contributed by atoms with van der Waals surface area (Å²) in [6, 6.07) is 16.7. The van der Waals surface area contributed by atoms with Gasteiger partial charge in [0, 0.05) is 11.8 Å². The van der Waals surface area contributed by atoms with Gasteiger partial charge in [0.25, 0.3) is 11.7 Å². The first-order valence-corrected chi connectivity index (χ1v) is 11.0. The van der Waals surface area contributed by atoms with Gasteiger partial charge in [0.2, 0.25) is 0 Å². The van der Waals surface area contributed by atoms with E-state index >= 15 is 0 Å². The minimum atomic E-state index is -0.866. The fourth-order valence-corrected chi connectivity index (χ4v) is 3.86. The lowest BCUT2D eigenvalue weighted by atomic mass is 9.95. The van der Waals surface area contributed by atoms with Crippen LogP contribution in [0.15, 0.2) is 78.5 Å². The molecule has 0 saturated carbocycles. The highest BCUT2D eigenvalue weighted by atomic mass is 19.1. The summed E-state index contributed by atoms with van der Waals surface area (Å²) < 4.78 is 19.3. The van der Waals surface area contributed by atoms with E-state index in [4.69, 9.17) is 4.74 Å². The second-order valence-corrected chi connectivity index (χ2v) is 8.53. The van der Waals surface area contributed by atoms with E-state index < -0.39 is 23.5 Å². The SMILES string of the molecule is CC(C)COc1cccc(C2/C(=C(/O)c3ccc(F)cc3)C(=O)C(=O)N2Cc2ccccn2)c1. The summed E-state index contributed by atoms with van der Waals surface area (Å²) in [6.07, 6.45) is 1.61. The zero-order chi connectivity index (χ0) is 24.2. The molecule has 4 rings (SSSR count). The largest absolute Gasteiger partial charge is 0.507 e. The maximum atomic E-state index is 13.4. The number of aliphatic hydroxyl groups excluding tert-OH is 1. The smallest absolute Gasteiger partial charge is 0.296 e. The molecule has 0 aliphatic carbocycles. The minimum absolute atomic E-state index is 0.0615. The predicted molar refractivity (Wildman–Crippen MR) is 125 cm³/mol. The van der Waals surface area contributed by atoms with E-state index in [9.17, 15) is 19.1 Å². The summed E-state index contributed by atoms with van der Waals surface area (Å²) in [5.74, 6) is -1.48. The lowest BCUT2D eigenvalue weighted by Crippen LogP contribution is -2.29. The van der Waals surface area contributed by atoms with Crippen LogP contribution in [0.2, 0.25) is 0 Å². The van der Waals surface area contributed by atoms with Crippen molar-refractivity contribution in [3.05, 3.63) is 101 Å². The highest BCUT2D eigenvalue weighted by Gasteiger charge is 2.46. The Morgan fingerprint density at radius 3 is 2.53 bits per heavy atom. The van der Waals surface area contributed by atoms with Crippen molar-refractivity contribution in [1.29, 1.82) is 0 Å². The molecule has 0 spiro atoms. The van der Waals surface area contributed by atoms with Gasteiger partial charge in [-0.05, 0) is 60.0 Å². The van der Waals surface area contributed by atoms with Crippen molar-refractivity contribution in [3.63, 3.8) is 0 Å². The Balaban J connectivity index is 1.82. The van der Waals surface area contributed by atoms with Crippen LogP contribution in [0.4, 0.5) is 4.39 Å². The monoisotopic (exact) mass is 460 g/mol. The number of pyridine rings is 1. The van der Waals surface area contributed by atoms with Crippen molar-refractivity contribution in [1.82, 2.24) is 9.88 Å². The number of aliphatic hydroxyl groups is 1. The van der Waals surface area contributed by atoms with Crippen LogP contribution < -0.4 is 4.74 Å². The molecule has 34 heavy (non-hydrogen) atoms. The van der Waals surface area contributed by atoms with E-state index in [1.54, 1.807) is 48.7 Å². The lowest BCUT2D eigenvalue weighted by molar-refractivity contribution is -0.140. The number of halogens is 1. The number of amides is 1. The first-order valence-electron chi connectivity index (χ1n) is 11.0. The molecule has 7 heteroatoms. The quantitative estimate of drug-likeness (QED) is 0.309. The number of ether oxygens (including phenoxy) is 1. The molecular formula is C27H25FN2O4. The topological polar surface area (TPSA) is 79.7 Å². The number of carbonyl (C=O) groups is 2. The van der Waals surface area contributed by atoms with E-state index in [1.807, 2.05) is 13.8 Å². The van der Waals surface area contributed by atoms with Crippen molar-refractivity contribution in [2.45, 2.75) is 26.4 Å². The van der Waals surface area contributed by atoms with Crippen molar-refractivity contribution in [2.75, 3.05) is 6.61 Å². The second-order valence-electron chi connectivity index (χ2n) is 8.53. The minimum Gasteiger partial charge on any atom is -0.507 e. The first kappa shape index (κ1) is 23.2. The molecule has 2 aromatic carbocycles. The van der Waals surface area contributed by atoms with E-state index in [0.29, 0.717) is 29.5 Å². The molecule has 1 fully saturated rings. The van der Waals surface area contributed by atoms with Gasteiger partial charge in [0.05, 0.1) is 30.5 Å². The van der Waals surface area contributed by atoms with Crippen molar-refractivity contribution >= 4 is 17.4 Å². The van der Waals surface area contributed by atoms with Crippen LogP contribution in [-0.2, 0) is 16.1 Å². The zero-order valence-electron chi connectivity index (χ0n) is 18.9. The third-order valence-corrected chi connectivity index (χ3v) is 5.47. The average Bonchev–Trinajstić information content (AvgIpc) is 3.08. The zero-order valence-corrected chi connectivity index (χ0v) is 18.9.